The van der Waals surface area contributed by atoms with Crippen molar-refractivity contribution < 1.29 is 14.2 Å². The van der Waals surface area contributed by atoms with E-state index >= 15 is 0 Å². The van der Waals surface area contributed by atoms with Crippen LogP contribution in [-0.4, -0.2) is 18.3 Å². The Morgan fingerprint density at radius 2 is 0.774 bits per heavy atom. The zero-order chi connectivity index (χ0) is 22.4. The van der Waals surface area contributed by atoms with Gasteiger partial charge in [0.05, 0.1) is 18.3 Å². The Kier molecular flexibility index (Phi) is 7.45. The van der Waals surface area contributed by atoms with Gasteiger partial charge < -0.3 is 19.1 Å². The molecule has 4 nitrogen and oxygen atoms in total. The maximum absolute atomic E-state index is 5.95. The summed E-state index contributed by atoms with van der Waals surface area (Å²) in [4.78, 5) is 2.19. The number of hydrogen-bond acceptors (Lipinski definition) is 4. The highest BCUT2D eigenvalue weighted by Crippen LogP contribution is 2.39. The lowest BCUT2D eigenvalue weighted by Crippen LogP contribution is -2.12. The average Bonchev–Trinajstić information content (AvgIpc) is 2.68. The largest absolute Gasteiger partial charge is 0.491 e. The quantitative estimate of drug-likeness (QED) is 0.359. The van der Waals surface area contributed by atoms with E-state index in [4.69, 9.17) is 14.2 Å². The molecule has 0 N–H and O–H groups in total. The molecule has 0 amide bonds. The van der Waals surface area contributed by atoms with Gasteiger partial charge in [0.1, 0.15) is 17.2 Å². The molecule has 0 spiro atoms. The minimum Gasteiger partial charge on any atom is -0.491 e. The minimum atomic E-state index is 0.106. The Balaban J connectivity index is 2.09. The van der Waals surface area contributed by atoms with Crippen molar-refractivity contribution in [3.05, 3.63) is 72.8 Å². The van der Waals surface area contributed by atoms with Crippen LogP contribution in [0.25, 0.3) is 0 Å². The molecule has 164 valence electrons. The molecule has 3 aromatic rings. The topological polar surface area (TPSA) is 30.9 Å². The van der Waals surface area contributed by atoms with Gasteiger partial charge in [0.15, 0.2) is 0 Å². The third-order valence-corrected chi connectivity index (χ3v) is 4.34. The number of benzene rings is 3. The zero-order valence-corrected chi connectivity index (χ0v) is 19.3. The van der Waals surface area contributed by atoms with E-state index in [0.29, 0.717) is 0 Å². The molecule has 0 radical (unpaired) electrons. The van der Waals surface area contributed by atoms with Crippen molar-refractivity contribution in [2.45, 2.75) is 59.9 Å². The van der Waals surface area contributed by atoms with Gasteiger partial charge in [0, 0.05) is 35.3 Å². The first kappa shape index (κ1) is 22.5. The second-order valence-electron chi connectivity index (χ2n) is 8.33. The van der Waals surface area contributed by atoms with Crippen LogP contribution >= 0.6 is 0 Å². The standard InChI is InChI=1S/C27H33NO3/c1-19(2)29-25-13-7-10-22(16-25)28(23-11-8-14-26(17-23)30-20(3)4)24-12-9-15-27(18-24)31-21(5)6/h7-21H,1-6H3. The van der Waals surface area contributed by atoms with Gasteiger partial charge in [-0.1, -0.05) is 18.2 Å². The summed E-state index contributed by atoms with van der Waals surface area (Å²) in [5, 5.41) is 0. The molecule has 0 aliphatic heterocycles. The van der Waals surface area contributed by atoms with Crippen LogP contribution in [0.15, 0.2) is 72.8 Å². The summed E-state index contributed by atoms with van der Waals surface area (Å²) in [7, 11) is 0. The third kappa shape index (κ3) is 6.42. The molecule has 4 heteroatoms. The summed E-state index contributed by atoms with van der Waals surface area (Å²) < 4.78 is 17.9. The van der Waals surface area contributed by atoms with E-state index in [2.05, 4.69) is 41.3 Å². The molecule has 3 rings (SSSR count). The van der Waals surface area contributed by atoms with E-state index in [0.717, 1.165) is 34.3 Å². The number of hydrogen-bond donors (Lipinski definition) is 0. The first-order valence-electron chi connectivity index (χ1n) is 10.9. The Labute approximate surface area is 186 Å². The van der Waals surface area contributed by atoms with Crippen molar-refractivity contribution >= 4 is 17.1 Å². The molecule has 0 bridgehead atoms. The van der Waals surface area contributed by atoms with Crippen molar-refractivity contribution in [2.75, 3.05) is 4.90 Å². The number of nitrogens with zero attached hydrogens (tertiary/aromatic N) is 1. The first-order valence-corrected chi connectivity index (χ1v) is 10.9. The van der Waals surface area contributed by atoms with Gasteiger partial charge in [-0.2, -0.15) is 0 Å². The Morgan fingerprint density at radius 3 is 1.03 bits per heavy atom. The van der Waals surface area contributed by atoms with Crippen LogP contribution in [0.2, 0.25) is 0 Å². The molecule has 0 saturated heterocycles. The van der Waals surface area contributed by atoms with Gasteiger partial charge in [0.2, 0.25) is 0 Å². The second-order valence-corrected chi connectivity index (χ2v) is 8.33. The monoisotopic (exact) mass is 419 g/mol. The summed E-state index contributed by atoms with van der Waals surface area (Å²) in [6.45, 7) is 12.2. The zero-order valence-electron chi connectivity index (χ0n) is 19.3. The van der Waals surface area contributed by atoms with Crippen LogP contribution in [0.3, 0.4) is 0 Å². The molecule has 0 atom stereocenters. The lowest BCUT2D eigenvalue weighted by atomic mass is 10.1. The van der Waals surface area contributed by atoms with Crippen molar-refractivity contribution in [3.63, 3.8) is 0 Å². The molecular weight excluding hydrogens is 386 g/mol. The molecule has 0 saturated carbocycles. The molecule has 0 aliphatic carbocycles. The highest BCUT2D eigenvalue weighted by atomic mass is 16.5. The fourth-order valence-electron chi connectivity index (χ4n) is 3.35. The predicted molar refractivity (Wildman–Crippen MR) is 128 cm³/mol. The number of ether oxygens (including phenoxy) is 3. The fraction of sp³-hybridized carbons (Fsp3) is 0.333. The van der Waals surface area contributed by atoms with Crippen molar-refractivity contribution in [3.8, 4) is 17.2 Å². The Morgan fingerprint density at radius 1 is 0.484 bits per heavy atom. The SMILES string of the molecule is CC(C)Oc1cccc(N(c2cccc(OC(C)C)c2)c2cccc(OC(C)C)c2)c1. The van der Waals surface area contributed by atoms with Gasteiger partial charge in [-0.05, 0) is 77.9 Å². The Hall–Kier alpha value is -3.14. The molecule has 0 aromatic heterocycles. The minimum absolute atomic E-state index is 0.106. The highest BCUT2D eigenvalue weighted by Gasteiger charge is 2.16. The Bertz CT molecular complexity index is 854. The maximum atomic E-state index is 5.95. The van der Waals surface area contributed by atoms with Crippen LogP contribution in [0.5, 0.6) is 17.2 Å². The van der Waals surface area contributed by atoms with E-state index < -0.39 is 0 Å². The van der Waals surface area contributed by atoms with Gasteiger partial charge in [0.25, 0.3) is 0 Å². The van der Waals surface area contributed by atoms with E-state index in [9.17, 15) is 0 Å². The molecule has 31 heavy (non-hydrogen) atoms. The molecular formula is C27H33NO3. The highest BCUT2D eigenvalue weighted by molar-refractivity contribution is 5.78. The third-order valence-electron chi connectivity index (χ3n) is 4.34. The van der Waals surface area contributed by atoms with Crippen molar-refractivity contribution in [1.82, 2.24) is 0 Å². The predicted octanol–water partition coefficient (Wildman–Crippen LogP) is 7.52. The molecule has 0 fully saturated rings. The summed E-state index contributed by atoms with van der Waals surface area (Å²) in [6.07, 6.45) is 0.317. The van der Waals surface area contributed by atoms with Crippen LogP contribution in [0.1, 0.15) is 41.5 Å². The lowest BCUT2D eigenvalue weighted by molar-refractivity contribution is 0.242. The number of anilines is 3. The molecule has 0 unspecified atom stereocenters. The van der Waals surface area contributed by atoms with E-state index in [1.54, 1.807) is 0 Å². The normalized spacial score (nSPS) is 11.1. The average molecular weight is 420 g/mol. The summed E-state index contributed by atoms with van der Waals surface area (Å²) in [5.41, 5.74) is 3.00. The number of rotatable bonds is 9. The molecule has 0 aliphatic rings. The van der Waals surface area contributed by atoms with E-state index in [-0.39, 0.29) is 18.3 Å². The molecule has 3 aromatic carbocycles. The van der Waals surface area contributed by atoms with E-state index in [1.165, 1.54) is 0 Å². The van der Waals surface area contributed by atoms with Crippen molar-refractivity contribution in [1.29, 1.82) is 0 Å². The smallest absolute Gasteiger partial charge is 0.121 e. The van der Waals surface area contributed by atoms with Crippen LogP contribution in [0.4, 0.5) is 17.1 Å². The summed E-state index contributed by atoms with van der Waals surface area (Å²) in [6, 6.07) is 24.4. The van der Waals surface area contributed by atoms with Gasteiger partial charge in [-0.3, -0.25) is 0 Å². The summed E-state index contributed by atoms with van der Waals surface area (Å²) in [5.74, 6) is 2.50. The lowest BCUT2D eigenvalue weighted by Gasteiger charge is -2.27. The van der Waals surface area contributed by atoms with Crippen molar-refractivity contribution in [2.24, 2.45) is 0 Å². The van der Waals surface area contributed by atoms with Gasteiger partial charge in [-0.15, -0.1) is 0 Å². The van der Waals surface area contributed by atoms with E-state index in [1.807, 2.05) is 77.9 Å². The first-order chi connectivity index (χ1) is 14.8. The fourth-order valence-corrected chi connectivity index (χ4v) is 3.35. The van der Waals surface area contributed by atoms with Gasteiger partial charge >= 0.3 is 0 Å². The van der Waals surface area contributed by atoms with Crippen LogP contribution < -0.4 is 19.1 Å². The van der Waals surface area contributed by atoms with Crippen LogP contribution in [0, 0.1) is 0 Å². The van der Waals surface area contributed by atoms with Gasteiger partial charge in [-0.25, -0.2) is 0 Å². The summed E-state index contributed by atoms with van der Waals surface area (Å²) >= 11 is 0. The maximum Gasteiger partial charge on any atom is 0.121 e. The van der Waals surface area contributed by atoms with Crippen LogP contribution in [-0.2, 0) is 0 Å². The molecule has 0 heterocycles. The second kappa shape index (κ2) is 10.3.